The number of benzene rings is 1. The molecule has 3 rings (SSSR count). The van der Waals surface area contributed by atoms with Crippen molar-refractivity contribution in [3.63, 3.8) is 0 Å². The molecule has 1 aliphatic heterocycles. The summed E-state index contributed by atoms with van der Waals surface area (Å²) in [5, 5.41) is 2.98. The minimum atomic E-state index is -0.504. The number of carbonyl (C=O) groups excluding carboxylic acids is 1. The van der Waals surface area contributed by atoms with Crippen LogP contribution in [0.4, 0.5) is 4.39 Å². The van der Waals surface area contributed by atoms with Crippen LogP contribution >= 0.6 is 0 Å². The van der Waals surface area contributed by atoms with Crippen LogP contribution in [0.1, 0.15) is 25.8 Å². The van der Waals surface area contributed by atoms with Crippen LogP contribution in [-0.2, 0) is 9.53 Å². The molecule has 166 valence electrons. The number of nitrogens with one attached hydrogen (secondary N) is 1. The molecule has 0 spiro atoms. The molecule has 1 saturated heterocycles. The molecule has 1 aromatic carbocycles. The lowest BCUT2D eigenvalue weighted by Gasteiger charge is -2.35. The van der Waals surface area contributed by atoms with E-state index in [-0.39, 0.29) is 17.7 Å². The van der Waals surface area contributed by atoms with Crippen molar-refractivity contribution < 1.29 is 18.7 Å². The van der Waals surface area contributed by atoms with Gasteiger partial charge in [0, 0.05) is 37.9 Å². The van der Waals surface area contributed by atoms with Crippen molar-refractivity contribution in [2.75, 3.05) is 32.8 Å². The minimum absolute atomic E-state index is 0.108. The Morgan fingerprint density at radius 3 is 2.81 bits per heavy atom. The van der Waals surface area contributed by atoms with E-state index in [4.69, 9.17) is 9.47 Å². The molecule has 1 aromatic heterocycles. The van der Waals surface area contributed by atoms with E-state index in [1.54, 1.807) is 30.5 Å². The first-order chi connectivity index (χ1) is 15.0. The molecule has 2 heterocycles. The topological polar surface area (TPSA) is 63.7 Å². The fraction of sp³-hybridized carbons (Fsp3) is 0.417. The van der Waals surface area contributed by atoms with Crippen LogP contribution in [0.15, 0.2) is 48.8 Å². The molecule has 0 bridgehead atoms. The van der Waals surface area contributed by atoms with Crippen molar-refractivity contribution in [3.8, 4) is 11.5 Å². The SMILES string of the molecule is CC(C)CC(CNC(=O)/C=C/c1ccc(Oc2cccnc2)c(F)c1)N1CCOCC1. The van der Waals surface area contributed by atoms with Crippen LogP contribution in [0.25, 0.3) is 6.08 Å². The Morgan fingerprint density at radius 2 is 2.13 bits per heavy atom. The Labute approximate surface area is 183 Å². The first-order valence-electron chi connectivity index (χ1n) is 10.7. The third-order valence-electron chi connectivity index (χ3n) is 5.06. The van der Waals surface area contributed by atoms with Crippen LogP contribution in [0.2, 0.25) is 0 Å². The highest BCUT2D eigenvalue weighted by molar-refractivity contribution is 5.91. The van der Waals surface area contributed by atoms with Gasteiger partial charge < -0.3 is 14.8 Å². The van der Waals surface area contributed by atoms with Gasteiger partial charge in [-0.25, -0.2) is 4.39 Å². The molecule has 1 atom stereocenters. The van der Waals surface area contributed by atoms with Crippen molar-refractivity contribution in [2.24, 2.45) is 5.92 Å². The zero-order chi connectivity index (χ0) is 22.1. The predicted molar refractivity (Wildman–Crippen MR) is 118 cm³/mol. The fourth-order valence-corrected chi connectivity index (χ4v) is 3.54. The van der Waals surface area contributed by atoms with E-state index in [2.05, 4.69) is 29.0 Å². The molecule has 1 amide bonds. The van der Waals surface area contributed by atoms with E-state index in [1.165, 1.54) is 24.4 Å². The van der Waals surface area contributed by atoms with E-state index in [0.29, 0.717) is 23.8 Å². The smallest absolute Gasteiger partial charge is 0.244 e. The van der Waals surface area contributed by atoms with Gasteiger partial charge in [0.1, 0.15) is 5.75 Å². The molecule has 1 fully saturated rings. The van der Waals surface area contributed by atoms with Crippen molar-refractivity contribution in [1.29, 1.82) is 0 Å². The van der Waals surface area contributed by atoms with Gasteiger partial charge in [-0.05, 0) is 48.2 Å². The number of nitrogens with zero attached hydrogens (tertiary/aromatic N) is 2. The summed E-state index contributed by atoms with van der Waals surface area (Å²) in [7, 11) is 0. The Hall–Kier alpha value is -2.77. The number of halogens is 1. The summed E-state index contributed by atoms with van der Waals surface area (Å²) in [5.41, 5.74) is 0.582. The third kappa shape index (κ3) is 7.45. The molecule has 1 N–H and O–H groups in total. The number of pyridine rings is 1. The van der Waals surface area contributed by atoms with Gasteiger partial charge in [0.25, 0.3) is 0 Å². The number of rotatable bonds is 9. The molecule has 6 nitrogen and oxygen atoms in total. The summed E-state index contributed by atoms with van der Waals surface area (Å²) < 4.78 is 25.3. The molecular weight excluding hydrogens is 397 g/mol. The van der Waals surface area contributed by atoms with E-state index in [9.17, 15) is 9.18 Å². The van der Waals surface area contributed by atoms with Gasteiger partial charge in [-0.15, -0.1) is 0 Å². The normalized spacial score (nSPS) is 15.9. The summed E-state index contributed by atoms with van der Waals surface area (Å²) in [6.07, 6.45) is 7.17. The van der Waals surface area contributed by atoms with Crippen LogP contribution in [0.3, 0.4) is 0 Å². The summed E-state index contributed by atoms with van der Waals surface area (Å²) >= 11 is 0. The third-order valence-corrected chi connectivity index (χ3v) is 5.06. The zero-order valence-corrected chi connectivity index (χ0v) is 18.1. The highest BCUT2D eigenvalue weighted by Gasteiger charge is 2.22. The second-order valence-electron chi connectivity index (χ2n) is 7.99. The largest absolute Gasteiger partial charge is 0.453 e. The predicted octanol–water partition coefficient (Wildman–Crippen LogP) is 3.89. The maximum Gasteiger partial charge on any atom is 0.244 e. The van der Waals surface area contributed by atoms with Crippen LogP contribution in [-0.4, -0.2) is 54.7 Å². The number of ether oxygens (including phenoxy) is 2. The first-order valence-corrected chi connectivity index (χ1v) is 10.7. The Balaban J connectivity index is 1.54. The molecule has 31 heavy (non-hydrogen) atoms. The average molecular weight is 428 g/mol. The maximum absolute atomic E-state index is 14.3. The summed E-state index contributed by atoms with van der Waals surface area (Å²) in [6.45, 7) is 8.18. The molecule has 2 aromatic rings. The van der Waals surface area contributed by atoms with Gasteiger partial charge in [-0.2, -0.15) is 0 Å². The van der Waals surface area contributed by atoms with E-state index >= 15 is 0 Å². The summed E-state index contributed by atoms with van der Waals surface area (Å²) in [6, 6.07) is 8.28. The fourth-order valence-electron chi connectivity index (χ4n) is 3.54. The number of carbonyl (C=O) groups is 1. The van der Waals surface area contributed by atoms with Gasteiger partial charge >= 0.3 is 0 Å². The second kappa shape index (κ2) is 11.6. The van der Waals surface area contributed by atoms with Crippen LogP contribution < -0.4 is 10.1 Å². The van der Waals surface area contributed by atoms with Crippen LogP contribution in [0, 0.1) is 11.7 Å². The lowest BCUT2D eigenvalue weighted by atomic mass is 10.0. The van der Waals surface area contributed by atoms with Crippen molar-refractivity contribution in [3.05, 3.63) is 60.2 Å². The van der Waals surface area contributed by atoms with Crippen molar-refractivity contribution in [1.82, 2.24) is 15.2 Å². The standard InChI is InChI=1S/C24H30FN3O3/c1-18(2)14-20(28-10-12-30-13-11-28)16-27-24(29)8-6-19-5-7-23(22(25)15-19)31-21-4-3-9-26-17-21/h3-9,15,17-18,20H,10-14,16H2,1-2H3,(H,27,29)/b8-6+. The van der Waals surface area contributed by atoms with Gasteiger partial charge in [0.15, 0.2) is 11.6 Å². The monoisotopic (exact) mass is 427 g/mol. The molecular formula is C24H30FN3O3. The Bertz CT molecular complexity index is 868. The van der Waals surface area contributed by atoms with Gasteiger partial charge in [-0.1, -0.05) is 19.9 Å². The zero-order valence-electron chi connectivity index (χ0n) is 18.1. The highest BCUT2D eigenvalue weighted by Crippen LogP contribution is 2.24. The van der Waals surface area contributed by atoms with Gasteiger partial charge in [0.2, 0.25) is 5.91 Å². The molecule has 0 saturated carbocycles. The number of aromatic nitrogens is 1. The van der Waals surface area contributed by atoms with E-state index in [1.807, 2.05) is 0 Å². The molecule has 0 radical (unpaired) electrons. The first kappa shape index (κ1) is 22.9. The number of morpholine rings is 1. The lowest BCUT2D eigenvalue weighted by Crippen LogP contribution is -2.49. The van der Waals surface area contributed by atoms with Gasteiger partial charge in [0.05, 0.1) is 19.4 Å². The molecule has 1 aliphatic rings. The average Bonchev–Trinajstić information content (AvgIpc) is 2.78. The van der Waals surface area contributed by atoms with Crippen molar-refractivity contribution >= 4 is 12.0 Å². The summed E-state index contributed by atoms with van der Waals surface area (Å²) in [4.78, 5) is 18.6. The van der Waals surface area contributed by atoms with E-state index in [0.717, 1.165) is 32.7 Å². The molecule has 1 unspecified atom stereocenters. The maximum atomic E-state index is 14.3. The Morgan fingerprint density at radius 1 is 1.32 bits per heavy atom. The quantitative estimate of drug-likeness (QED) is 0.615. The second-order valence-corrected chi connectivity index (χ2v) is 7.99. The molecule has 7 heteroatoms. The van der Waals surface area contributed by atoms with Crippen LogP contribution in [0.5, 0.6) is 11.5 Å². The number of hydrogen-bond acceptors (Lipinski definition) is 5. The summed E-state index contributed by atoms with van der Waals surface area (Å²) in [5.74, 6) is 0.404. The van der Waals surface area contributed by atoms with Gasteiger partial charge in [-0.3, -0.25) is 14.7 Å². The highest BCUT2D eigenvalue weighted by atomic mass is 19.1. The lowest BCUT2D eigenvalue weighted by molar-refractivity contribution is -0.116. The van der Waals surface area contributed by atoms with E-state index < -0.39 is 5.82 Å². The number of amides is 1. The minimum Gasteiger partial charge on any atom is -0.453 e. The van der Waals surface area contributed by atoms with Crippen molar-refractivity contribution in [2.45, 2.75) is 26.3 Å². The Kier molecular flexibility index (Phi) is 8.55. The molecule has 0 aliphatic carbocycles. The number of hydrogen-bond donors (Lipinski definition) is 1.